The summed E-state index contributed by atoms with van der Waals surface area (Å²) in [6, 6.07) is 0.152. The lowest BCUT2D eigenvalue weighted by Crippen LogP contribution is -2.60. The molecule has 13 nitrogen and oxygen atoms in total. The van der Waals surface area contributed by atoms with E-state index in [1.807, 2.05) is 0 Å². The number of thioether (sulfide) groups is 2. The standard InChI is InChI=1S/C28H28F2N4O9S2/c1-11(35)17-23(37)34-21(26(40)41)27(45-24(17)34)44-7-6-43-28(42)31-12-4-5-32(9-12)20-16(29)8-14-19(18(20)30)33(13-2-3-13)10-15(22(14)36)25(38)39/h8,10-13,17,24,35H,2-7,9H2,1H3,(H,31,42)(H,38,39)(H,40,41)/t11-,12?,17-,24-/m1/s1. The third-order valence-corrected chi connectivity index (χ3v) is 10.8. The second-order valence-electron chi connectivity index (χ2n) is 11.2. The second kappa shape index (κ2) is 11.8. The Hall–Kier alpha value is -3.83. The summed E-state index contributed by atoms with van der Waals surface area (Å²) in [5.41, 5.74) is -2.21. The molecule has 2 amide bonds. The highest BCUT2D eigenvalue weighted by atomic mass is 32.2. The number of anilines is 1. The summed E-state index contributed by atoms with van der Waals surface area (Å²) in [5, 5.41) is 30.7. The van der Waals surface area contributed by atoms with Gasteiger partial charge in [0.05, 0.1) is 33.2 Å². The van der Waals surface area contributed by atoms with Gasteiger partial charge in [0.2, 0.25) is 11.3 Å². The monoisotopic (exact) mass is 666 g/mol. The van der Waals surface area contributed by atoms with Crippen molar-refractivity contribution in [2.75, 3.05) is 30.3 Å². The lowest BCUT2D eigenvalue weighted by molar-refractivity contribution is -0.156. The Labute approximate surface area is 262 Å². The van der Waals surface area contributed by atoms with Crippen molar-refractivity contribution in [1.82, 2.24) is 14.8 Å². The van der Waals surface area contributed by atoms with Crippen molar-refractivity contribution in [3.05, 3.63) is 49.6 Å². The number of fused-ring (bicyclic) bond motifs is 2. The van der Waals surface area contributed by atoms with E-state index in [4.69, 9.17) is 4.74 Å². The SMILES string of the molecule is C[C@@H](O)[C@@H]1C(=O)N2C(C(=O)O)=C(SCCOC(=O)NC3CCN(c4c(F)cc5c(=O)c(C(=O)O)cn(C6CC6)c5c4F)C3)S[C@H]12. The van der Waals surface area contributed by atoms with Crippen LogP contribution in [0.2, 0.25) is 0 Å². The molecule has 2 saturated heterocycles. The first kappa shape index (κ1) is 31.2. The molecule has 0 bridgehead atoms. The maximum atomic E-state index is 15.9. The number of carboxylic acid groups (broad SMARTS) is 2. The van der Waals surface area contributed by atoms with Gasteiger partial charge in [0.25, 0.3) is 0 Å². The molecule has 1 aliphatic carbocycles. The van der Waals surface area contributed by atoms with Crippen molar-refractivity contribution < 1.29 is 48.0 Å². The van der Waals surface area contributed by atoms with Gasteiger partial charge in [-0.15, -0.1) is 11.8 Å². The number of hydrogen-bond acceptors (Lipinski definition) is 10. The van der Waals surface area contributed by atoms with Gasteiger partial charge in [-0.05, 0) is 32.3 Å². The molecule has 4 heterocycles. The molecule has 45 heavy (non-hydrogen) atoms. The van der Waals surface area contributed by atoms with Crippen LogP contribution >= 0.6 is 23.5 Å². The highest BCUT2D eigenvalue weighted by Crippen LogP contribution is 2.53. The fraction of sp³-hybridized carbons (Fsp3) is 0.464. The summed E-state index contributed by atoms with van der Waals surface area (Å²) in [6.45, 7) is 1.62. The second-order valence-corrected chi connectivity index (χ2v) is 13.7. The van der Waals surface area contributed by atoms with E-state index in [0.29, 0.717) is 23.5 Å². The van der Waals surface area contributed by atoms with E-state index >= 15 is 8.78 Å². The molecular weight excluding hydrogens is 638 g/mol. The van der Waals surface area contributed by atoms with E-state index in [1.165, 1.54) is 28.2 Å². The Balaban J connectivity index is 1.07. The minimum atomic E-state index is -1.48. The molecule has 1 unspecified atom stereocenters. The van der Waals surface area contributed by atoms with E-state index in [0.717, 1.165) is 28.9 Å². The van der Waals surface area contributed by atoms with Crippen molar-refractivity contribution in [2.24, 2.45) is 5.92 Å². The van der Waals surface area contributed by atoms with E-state index in [1.54, 1.807) is 0 Å². The maximum absolute atomic E-state index is 15.9. The largest absolute Gasteiger partial charge is 0.477 e. The first-order valence-corrected chi connectivity index (χ1v) is 16.0. The normalized spacial score (nSPS) is 23.3. The minimum absolute atomic E-state index is 0.0469. The highest BCUT2D eigenvalue weighted by molar-refractivity contribution is 8.22. The molecule has 1 aromatic heterocycles. The third-order valence-electron chi connectivity index (χ3n) is 8.20. The lowest BCUT2D eigenvalue weighted by Gasteiger charge is -2.43. The number of carbonyl (C=O) groups is 4. The molecule has 0 radical (unpaired) electrons. The van der Waals surface area contributed by atoms with Crippen molar-refractivity contribution in [1.29, 1.82) is 0 Å². The van der Waals surface area contributed by atoms with Gasteiger partial charge in [-0.3, -0.25) is 14.5 Å². The summed E-state index contributed by atoms with van der Waals surface area (Å²) >= 11 is 2.28. The quantitative estimate of drug-likeness (QED) is 0.216. The number of amides is 2. The number of aromatic carboxylic acids is 1. The Morgan fingerprint density at radius 3 is 2.56 bits per heavy atom. The zero-order valence-corrected chi connectivity index (χ0v) is 25.3. The molecule has 3 fully saturated rings. The fourth-order valence-electron chi connectivity index (χ4n) is 5.92. The number of carboxylic acids is 2. The molecule has 4 aliphatic rings. The number of alkyl carbamates (subject to hydrolysis) is 1. The van der Waals surface area contributed by atoms with Crippen LogP contribution in [-0.2, 0) is 14.3 Å². The van der Waals surface area contributed by atoms with Crippen molar-refractivity contribution in [3.8, 4) is 0 Å². The average molecular weight is 667 g/mol. The van der Waals surface area contributed by atoms with Gasteiger partial charge in [-0.25, -0.2) is 23.2 Å². The Kier molecular flexibility index (Phi) is 8.19. The molecule has 0 spiro atoms. The Morgan fingerprint density at radius 2 is 1.91 bits per heavy atom. The first-order valence-electron chi connectivity index (χ1n) is 14.2. The zero-order valence-electron chi connectivity index (χ0n) is 23.7. The number of pyridine rings is 1. The minimum Gasteiger partial charge on any atom is -0.477 e. The van der Waals surface area contributed by atoms with E-state index in [9.17, 15) is 39.3 Å². The number of aromatic nitrogens is 1. The van der Waals surface area contributed by atoms with Crippen LogP contribution in [0.25, 0.3) is 10.9 Å². The van der Waals surface area contributed by atoms with E-state index in [-0.39, 0.29) is 53.8 Å². The first-order chi connectivity index (χ1) is 21.4. The van der Waals surface area contributed by atoms with Crippen LogP contribution in [-0.4, -0.2) is 91.7 Å². The van der Waals surface area contributed by atoms with Gasteiger partial charge in [-0.2, -0.15) is 0 Å². The fourth-order valence-corrected chi connectivity index (χ4v) is 8.74. The number of benzene rings is 1. The van der Waals surface area contributed by atoms with E-state index < -0.39 is 70.0 Å². The van der Waals surface area contributed by atoms with Crippen molar-refractivity contribution in [3.63, 3.8) is 0 Å². The third kappa shape index (κ3) is 5.50. The maximum Gasteiger partial charge on any atom is 0.407 e. The number of ether oxygens (including phenoxy) is 1. The molecule has 6 rings (SSSR count). The Bertz CT molecular complexity index is 1730. The van der Waals surface area contributed by atoms with Crippen LogP contribution in [0, 0.1) is 17.6 Å². The number of β-lactam (4-membered cyclic amide) rings is 1. The molecule has 17 heteroatoms. The molecular formula is C28H28F2N4O9S2. The molecule has 3 aliphatic heterocycles. The number of halogens is 2. The molecule has 2 aromatic rings. The molecule has 4 atom stereocenters. The molecule has 4 N–H and O–H groups in total. The summed E-state index contributed by atoms with van der Waals surface area (Å²) in [5.74, 6) is -5.70. The predicted octanol–water partition coefficient (Wildman–Crippen LogP) is 2.52. The number of hydrogen-bond donors (Lipinski definition) is 4. The summed E-state index contributed by atoms with van der Waals surface area (Å²) in [7, 11) is 0. The van der Waals surface area contributed by atoms with E-state index in [2.05, 4.69) is 5.32 Å². The summed E-state index contributed by atoms with van der Waals surface area (Å²) in [4.78, 5) is 63.4. The van der Waals surface area contributed by atoms with Crippen LogP contribution in [0.5, 0.6) is 0 Å². The number of carbonyl (C=O) groups excluding carboxylic acids is 2. The van der Waals surface area contributed by atoms with Crippen LogP contribution in [0.3, 0.4) is 0 Å². The van der Waals surface area contributed by atoms with Gasteiger partial charge in [-0.1, -0.05) is 11.8 Å². The predicted molar refractivity (Wildman–Crippen MR) is 159 cm³/mol. The van der Waals surface area contributed by atoms with Crippen LogP contribution in [0.15, 0.2) is 27.0 Å². The number of nitrogens with one attached hydrogen (secondary N) is 1. The van der Waals surface area contributed by atoms with Crippen LogP contribution in [0.1, 0.15) is 42.6 Å². The van der Waals surface area contributed by atoms with Crippen LogP contribution < -0.4 is 15.6 Å². The average Bonchev–Trinajstić information content (AvgIpc) is 3.62. The van der Waals surface area contributed by atoms with Gasteiger partial charge in [0.1, 0.15) is 29.0 Å². The zero-order chi connectivity index (χ0) is 32.3. The number of rotatable bonds is 10. The number of aliphatic hydroxyl groups is 1. The molecule has 240 valence electrons. The Morgan fingerprint density at radius 1 is 1.18 bits per heavy atom. The lowest BCUT2D eigenvalue weighted by atomic mass is 9.92. The van der Waals surface area contributed by atoms with Gasteiger partial charge in [0.15, 0.2) is 11.5 Å². The number of nitrogens with zero attached hydrogens (tertiary/aromatic N) is 3. The van der Waals surface area contributed by atoms with Gasteiger partial charge in [0, 0.05) is 31.1 Å². The summed E-state index contributed by atoms with van der Waals surface area (Å²) in [6.07, 6.45) is 1.09. The molecule has 1 aromatic carbocycles. The van der Waals surface area contributed by atoms with Crippen LogP contribution in [0.4, 0.5) is 19.3 Å². The smallest absolute Gasteiger partial charge is 0.407 e. The molecule has 1 saturated carbocycles. The summed E-state index contributed by atoms with van der Waals surface area (Å²) < 4.78 is 38.2. The topological polar surface area (TPSA) is 179 Å². The number of aliphatic carboxylic acids is 1. The van der Waals surface area contributed by atoms with Crippen molar-refractivity contribution in [2.45, 2.75) is 49.7 Å². The van der Waals surface area contributed by atoms with Gasteiger partial charge >= 0.3 is 18.0 Å². The van der Waals surface area contributed by atoms with Gasteiger partial charge < -0.3 is 34.8 Å². The van der Waals surface area contributed by atoms with Crippen molar-refractivity contribution >= 4 is 64.1 Å². The highest BCUT2D eigenvalue weighted by Gasteiger charge is 2.57. The number of aliphatic hydroxyl groups excluding tert-OH is 1.